The zero-order valence-electron chi connectivity index (χ0n) is 28.2. The molecular weight excluding hydrogens is 662 g/mol. The summed E-state index contributed by atoms with van der Waals surface area (Å²) in [7, 11) is 2.06. The first-order valence-electron chi connectivity index (χ1n) is 17.0. The van der Waals surface area contributed by atoms with Gasteiger partial charge in [0.15, 0.2) is 0 Å². The summed E-state index contributed by atoms with van der Waals surface area (Å²) in [5.41, 5.74) is 2.89. The maximum atomic E-state index is 13.9. The van der Waals surface area contributed by atoms with Gasteiger partial charge in [0.25, 0.3) is 5.91 Å². The van der Waals surface area contributed by atoms with Crippen molar-refractivity contribution in [1.29, 1.82) is 0 Å². The number of esters is 1. The van der Waals surface area contributed by atoms with Gasteiger partial charge in [-0.3, -0.25) is 9.59 Å². The van der Waals surface area contributed by atoms with Crippen molar-refractivity contribution < 1.29 is 28.2 Å². The SMILES string of the molecule is CSCC[C@H](NC(=O)c1cc(OC[C@@H]2C[C@H](SC(=O)c3ccccc3)CN2)ccc1CCc1ccc(F)cc1)C(=O)OC1CCN(C)CC1. The van der Waals surface area contributed by atoms with Crippen molar-refractivity contribution in [3.63, 3.8) is 0 Å². The van der Waals surface area contributed by atoms with Crippen molar-refractivity contribution in [3.8, 4) is 5.75 Å². The zero-order chi connectivity index (χ0) is 34.6. The quantitative estimate of drug-likeness (QED) is 0.191. The average Bonchev–Trinajstić information content (AvgIpc) is 3.57. The second kappa shape index (κ2) is 18.6. The number of halogens is 1. The Morgan fingerprint density at radius 2 is 1.78 bits per heavy atom. The topological polar surface area (TPSA) is 97.0 Å². The van der Waals surface area contributed by atoms with Gasteiger partial charge in [0.05, 0.1) is 0 Å². The number of piperidine rings is 1. The van der Waals surface area contributed by atoms with E-state index in [4.69, 9.17) is 9.47 Å². The van der Waals surface area contributed by atoms with Crippen LogP contribution in [-0.4, -0.2) is 90.6 Å². The van der Waals surface area contributed by atoms with Crippen molar-refractivity contribution >= 4 is 40.5 Å². The summed E-state index contributed by atoms with van der Waals surface area (Å²) in [5.74, 6) is 0.184. The third kappa shape index (κ3) is 11.3. The molecule has 2 heterocycles. The molecule has 2 N–H and O–H groups in total. The van der Waals surface area contributed by atoms with Gasteiger partial charge in [-0.2, -0.15) is 11.8 Å². The van der Waals surface area contributed by atoms with Gasteiger partial charge in [-0.05, 0) is 93.0 Å². The van der Waals surface area contributed by atoms with Gasteiger partial charge < -0.3 is 25.0 Å². The van der Waals surface area contributed by atoms with Gasteiger partial charge >= 0.3 is 5.97 Å². The maximum absolute atomic E-state index is 13.9. The molecule has 3 aromatic rings. The van der Waals surface area contributed by atoms with Crippen LogP contribution < -0.4 is 15.4 Å². The molecule has 3 atom stereocenters. The Morgan fingerprint density at radius 1 is 1.02 bits per heavy atom. The monoisotopic (exact) mass is 707 g/mol. The maximum Gasteiger partial charge on any atom is 0.328 e. The van der Waals surface area contributed by atoms with E-state index in [1.807, 2.05) is 48.7 Å². The molecule has 0 saturated carbocycles. The molecule has 0 bridgehead atoms. The standard InChI is InChI=1S/C38H46FN3O5S2/c1-42-19-16-31(17-20-42)47-37(44)35(18-21-48-2)41-36(43)34-23-32(15-12-27(34)11-8-26-9-13-29(39)14-10-26)46-25-30-22-33(24-40-30)49-38(45)28-6-4-3-5-7-28/h3-7,9-10,12-15,23,30-31,33,35,40H,8,11,16-22,24-25H2,1-2H3,(H,41,43)/t30-,33-,35-/m0/s1. The summed E-state index contributed by atoms with van der Waals surface area (Å²) < 4.78 is 25.6. The number of nitrogens with one attached hydrogen (secondary N) is 2. The molecule has 2 aliphatic rings. The number of hydrogen-bond donors (Lipinski definition) is 2. The smallest absolute Gasteiger partial charge is 0.328 e. The number of benzene rings is 3. The lowest BCUT2D eigenvalue weighted by Crippen LogP contribution is -2.45. The van der Waals surface area contributed by atoms with Gasteiger partial charge in [-0.25, -0.2) is 9.18 Å². The Hall–Kier alpha value is -3.38. The number of ether oxygens (including phenoxy) is 2. The van der Waals surface area contributed by atoms with Crippen molar-refractivity contribution in [1.82, 2.24) is 15.5 Å². The molecule has 262 valence electrons. The van der Waals surface area contributed by atoms with Crippen LogP contribution in [0.2, 0.25) is 0 Å². The van der Waals surface area contributed by atoms with E-state index in [-0.39, 0.29) is 34.2 Å². The average molecular weight is 708 g/mol. The van der Waals surface area contributed by atoms with Crippen LogP contribution in [0.1, 0.15) is 57.5 Å². The first-order valence-corrected chi connectivity index (χ1v) is 19.2. The number of hydrogen-bond acceptors (Lipinski definition) is 9. The minimum atomic E-state index is -0.773. The van der Waals surface area contributed by atoms with Gasteiger partial charge in [-0.15, -0.1) is 0 Å². The summed E-state index contributed by atoms with van der Waals surface area (Å²) in [4.78, 5) is 42.2. The van der Waals surface area contributed by atoms with Gasteiger partial charge in [0.1, 0.15) is 30.3 Å². The van der Waals surface area contributed by atoms with Gasteiger partial charge in [-0.1, -0.05) is 60.3 Å². The van der Waals surface area contributed by atoms with E-state index < -0.39 is 12.0 Å². The van der Waals surface area contributed by atoms with E-state index in [0.29, 0.717) is 55.0 Å². The molecule has 0 spiro atoms. The molecule has 0 aliphatic carbocycles. The van der Waals surface area contributed by atoms with Crippen LogP contribution in [-0.2, 0) is 22.4 Å². The predicted molar refractivity (Wildman–Crippen MR) is 195 cm³/mol. The largest absolute Gasteiger partial charge is 0.492 e. The number of aryl methyl sites for hydroxylation is 2. The van der Waals surface area contributed by atoms with Crippen LogP contribution in [0.3, 0.4) is 0 Å². The van der Waals surface area contributed by atoms with Gasteiger partial charge in [0, 0.05) is 42.1 Å². The number of rotatable bonds is 15. The third-order valence-electron chi connectivity index (χ3n) is 8.99. The highest BCUT2D eigenvalue weighted by atomic mass is 32.2. The van der Waals surface area contributed by atoms with Crippen molar-refractivity contribution in [2.75, 3.05) is 45.3 Å². The molecule has 49 heavy (non-hydrogen) atoms. The normalized spacial score (nSPS) is 18.9. The Kier molecular flexibility index (Phi) is 14.0. The Labute approximate surface area is 297 Å². The lowest BCUT2D eigenvalue weighted by molar-refractivity contribution is -0.153. The van der Waals surface area contributed by atoms with Crippen LogP contribution in [0.5, 0.6) is 5.75 Å². The van der Waals surface area contributed by atoms with Crippen molar-refractivity contribution in [2.45, 2.75) is 62.0 Å². The summed E-state index contributed by atoms with van der Waals surface area (Å²) in [5, 5.41) is 6.65. The Balaban J connectivity index is 1.25. The van der Waals surface area contributed by atoms with Crippen LogP contribution >= 0.6 is 23.5 Å². The summed E-state index contributed by atoms with van der Waals surface area (Å²) in [6.45, 7) is 2.82. The zero-order valence-corrected chi connectivity index (χ0v) is 29.8. The number of nitrogens with zero attached hydrogens (tertiary/aromatic N) is 1. The fourth-order valence-electron chi connectivity index (χ4n) is 6.06. The molecule has 2 saturated heterocycles. The third-order valence-corrected chi connectivity index (χ3v) is 10.8. The summed E-state index contributed by atoms with van der Waals surface area (Å²) in [6, 6.07) is 20.4. The van der Waals surface area contributed by atoms with Crippen LogP contribution in [0.15, 0.2) is 72.8 Å². The van der Waals surface area contributed by atoms with Crippen molar-refractivity contribution in [3.05, 3.63) is 101 Å². The second-order valence-electron chi connectivity index (χ2n) is 12.7. The molecular formula is C38H46FN3O5S2. The first-order chi connectivity index (χ1) is 23.8. The lowest BCUT2D eigenvalue weighted by Gasteiger charge is -2.30. The number of amides is 1. The minimum Gasteiger partial charge on any atom is -0.492 e. The number of likely N-dealkylation sites (tertiary alicyclic amines) is 1. The van der Waals surface area contributed by atoms with E-state index in [1.165, 1.54) is 23.9 Å². The molecule has 8 nitrogen and oxygen atoms in total. The number of carbonyl (C=O) groups is 3. The number of thioether (sulfide) groups is 2. The fourth-order valence-corrected chi connectivity index (χ4v) is 7.62. The molecule has 5 rings (SSSR count). The predicted octanol–water partition coefficient (Wildman–Crippen LogP) is 5.78. The highest BCUT2D eigenvalue weighted by Gasteiger charge is 2.29. The van der Waals surface area contributed by atoms with Crippen molar-refractivity contribution in [2.24, 2.45) is 0 Å². The molecule has 3 aromatic carbocycles. The summed E-state index contributed by atoms with van der Waals surface area (Å²) in [6.07, 6.45) is 5.76. The van der Waals surface area contributed by atoms with Crippen LogP contribution in [0.4, 0.5) is 4.39 Å². The Bertz CT molecular complexity index is 1540. The molecule has 0 aromatic heterocycles. The second-order valence-corrected chi connectivity index (χ2v) is 15.0. The molecule has 2 fully saturated rings. The lowest BCUT2D eigenvalue weighted by atomic mass is 9.98. The minimum absolute atomic E-state index is 0.0572. The first kappa shape index (κ1) is 36.9. The van der Waals surface area contributed by atoms with Gasteiger partial charge in [0.2, 0.25) is 5.12 Å². The fraction of sp³-hybridized carbons (Fsp3) is 0.447. The van der Waals surface area contributed by atoms with E-state index in [9.17, 15) is 18.8 Å². The number of carbonyl (C=O) groups excluding carboxylic acids is 3. The molecule has 0 unspecified atom stereocenters. The highest BCUT2D eigenvalue weighted by molar-refractivity contribution is 8.14. The van der Waals surface area contributed by atoms with E-state index in [1.54, 1.807) is 30.0 Å². The highest BCUT2D eigenvalue weighted by Crippen LogP contribution is 2.26. The van der Waals surface area contributed by atoms with Crippen LogP contribution in [0, 0.1) is 5.82 Å². The molecule has 11 heteroatoms. The van der Waals surface area contributed by atoms with E-state index in [0.717, 1.165) is 43.5 Å². The Morgan fingerprint density at radius 3 is 2.51 bits per heavy atom. The van der Waals surface area contributed by atoms with E-state index >= 15 is 0 Å². The van der Waals surface area contributed by atoms with Crippen LogP contribution in [0.25, 0.3) is 0 Å². The molecule has 2 aliphatic heterocycles. The molecule has 0 radical (unpaired) electrons. The molecule has 1 amide bonds. The summed E-state index contributed by atoms with van der Waals surface area (Å²) >= 11 is 2.96. The van der Waals surface area contributed by atoms with E-state index in [2.05, 4.69) is 22.6 Å².